The van der Waals surface area contributed by atoms with Crippen LogP contribution >= 0.6 is 41.0 Å². The number of hydrogen-bond donors (Lipinski definition) is 7. The van der Waals surface area contributed by atoms with E-state index in [0.29, 0.717) is 18.2 Å². The average Bonchev–Trinajstić information content (AvgIpc) is 3.01. The topological polar surface area (TPSA) is 155 Å². The number of aryl methyl sites for hydroxylation is 1. The van der Waals surface area contributed by atoms with Crippen LogP contribution in [0.3, 0.4) is 0 Å². The molecule has 4 rings (SSSR count). The molecule has 8 N–H and O–H groups in total. The monoisotopic (exact) mass is 684 g/mol. The van der Waals surface area contributed by atoms with Gasteiger partial charge in [-0.05, 0) is 83.3 Å². The first kappa shape index (κ1) is 37.1. The first-order chi connectivity index (χ1) is 20.3. The molecule has 0 spiro atoms. The minimum atomic E-state index is -0.128. The molecule has 0 saturated heterocycles. The Hall–Kier alpha value is -3.95. The normalized spacial score (nSPS) is 9.49. The van der Waals surface area contributed by atoms with Crippen molar-refractivity contribution in [3.05, 3.63) is 119 Å². The predicted molar refractivity (Wildman–Crippen MR) is 184 cm³/mol. The Labute approximate surface area is 273 Å². The molecular formula is C32H37BrN4O4S2. The number of aromatic hydroxyl groups is 4. The van der Waals surface area contributed by atoms with Crippen LogP contribution < -0.4 is 16.4 Å². The van der Waals surface area contributed by atoms with E-state index in [4.69, 9.17) is 33.4 Å². The Morgan fingerprint density at radius 1 is 0.698 bits per heavy atom. The van der Waals surface area contributed by atoms with Crippen LogP contribution in [0.1, 0.15) is 22.3 Å². The predicted octanol–water partition coefficient (Wildman–Crippen LogP) is 5.88. The fourth-order valence-corrected chi connectivity index (χ4v) is 4.05. The van der Waals surface area contributed by atoms with Gasteiger partial charge in [0.25, 0.3) is 0 Å². The fraction of sp³-hybridized carbons (Fsp3) is 0.188. The third-order valence-electron chi connectivity index (χ3n) is 5.71. The summed E-state index contributed by atoms with van der Waals surface area (Å²) in [5, 5.41) is 53.5. The zero-order chi connectivity index (χ0) is 30.6. The highest BCUT2D eigenvalue weighted by Gasteiger charge is 2.02. The van der Waals surface area contributed by atoms with Crippen molar-refractivity contribution < 1.29 is 20.4 Å². The van der Waals surface area contributed by atoms with Crippen molar-refractivity contribution in [3.8, 4) is 28.4 Å². The summed E-state index contributed by atoms with van der Waals surface area (Å²) in [6.07, 6.45) is 1.89. The van der Waals surface area contributed by atoms with Gasteiger partial charge in [0.1, 0.15) is 5.40 Å². The molecule has 0 aromatic heterocycles. The highest BCUT2D eigenvalue weighted by atomic mass is 79.9. The highest BCUT2D eigenvalue weighted by molar-refractivity contribution is 8.93. The Kier molecular flexibility index (Phi) is 18.7. The zero-order valence-electron chi connectivity index (χ0n) is 23.5. The molecule has 43 heavy (non-hydrogen) atoms. The first-order valence-electron chi connectivity index (χ1n) is 13.1. The number of nitrogens with two attached hydrogens (primary N) is 1. The van der Waals surface area contributed by atoms with Crippen molar-refractivity contribution in [2.24, 2.45) is 5.73 Å². The molecule has 8 nitrogen and oxygen atoms in total. The smallest absolute Gasteiger partial charge is 0.166 e. The van der Waals surface area contributed by atoms with Crippen molar-refractivity contribution in [3.63, 3.8) is 0 Å². The van der Waals surface area contributed by atoms with E-state index in [0.717, 1.165) is 36.3 Å². The number of nitriles is 1. The number of rotatable bonds is 9. The van der Waals surface area contributed by atoms with Gasteiger partial charge in [-0.25, -0.2) is 0 Å². The van der Waals surface area contributed by atoms with Crippen molar-refractivity contribution in [2.75, 3.05) is 12.3 Å². The van der Waals surface area contributed by atoms with E-state index in [2.05, 4.69) is 40.3 Å². The number of nitrogens with one attached hydrogen (secondary N) is 2. The second-order valence-corrected chi connectivity index (χ2v) is 10.2. The van der Waals surface area contributed by atoms with Crippen molar-refractivity contribution in [1.82, 2.24) is 10.6 Å². The van der Waals surface area contributed by atoms with E-state index < -0.39 is 0 Å². The summed E-state index contributed by atoms with van der Waals surface area (Å²) in [5.74, 6) is 0.403. The van der Waals surface area contributed by atoms with Crippen LogP contribution in [0, 0.1) is 10.7 Å². The molecule has 0 aliphatic rings. The number of thiocarbonyl (C=S) groups is 1. The van der Waals surface area contributed by atoms with Crippen molar-refractivity contribution >= 4 is 46.1 Å². The third kappa shape index (κ3) is 15.7. The Morgan fingerprint density at radius 3 is 1.72 bits per heavy atom. The summed E-state index contributed by atoms with van der Waals surface area (Å²) in [6, 6.07) is 29.6. The lowest BCUT2D eigenvalue weighted by Gasteiger charge is -2.11. The second-order valence-electron chi connectivity index (χ2n) is 8.87. The summed E-state index contributed by atoms with van der Waals surface area (Å²) < 4.78 is 0. The van der Waals surface area contributed by atoms with E-state index in [1.807, 2.05) is 36.4 Å². The highest BCUT2D eigenvalue weighted by Crippen LogP contribution is 2.25. The second kappa shape index (κ2) is 21.7. The molecular weight excluding hydrogens is 648 g/mol. The van der Waals surface area contributed by atoms with Gasteiger partial charge in [-0.15, -0.1) is 17.0 Å². The SMILES string of the molecule is Br.N#CSCCc1ccccc1.NCc1ccc(O)c(O)c1.Oc1ccc(CNC(=S)NCCc2ccccc2)cc1O. The minimum Gasteiger partial charge on any atom is -0.504 e. The number of hydrogen-bond acceptors (Lipinski definition) is 8. The number of benzene rings is 4. The van der Waals surface area contributed by atoms with E-state index in [1.54, 1.807) is 12.1 Å². The number of phenols is 4. The molecule has 11 heteroatoms. The number of thiocyanates is 1. The summed E-state index contributed by atoms with van der Waals surface area (Å²) in [4.78, 5) is 0. The molecule has 0 aliphatic heterocycles. The van der Waals surface area contributed by atoms with Gasteiger partial charge >= 0.3 is 0 Å². The molecule has 0 radical (unpaired) electrons. The van der Waals surface area contributed by atoms with Gasteiger partial charge in [0.05, 0.1) is 0 Å². The van der Waals surface area contributed by atoms with Crippen molar-refractivity contribution in [1.29, 1.82) is 5.26 Å². The molecule has 4 aromatic rings. The molecule has 0 bridgehead atoms. The fourth-order valence-electron chi connectivity index (χ4n) is 3.44. The van der Waals surface area contributed by atoms with E-state index in [1.165, 1.54) is 47.2 Å². The molecule has 0 saturated carbocycles. The van der Waals surface area contributed by atoms with Gasteiger partial charge < -0.3 is 36.8 Å². The average molecular weight is 686 g/mol. The standard InChI is InChI=1S/C16H18N2O2S.C9H9NS.C7H9NO2.BrH/c19-14-7-6-13(10-15(14)20)11-18-16(21)17-9-8-12-4-2-1-3-5-12;10-8-11-7-6-9-4-2-1-3-5-9;8-4-5-1-2-6(9)7(10)3-5;/h1-7,10,19-20H,8-9,11H2,(H2,17,18,21);1-5H,6-7H2;1-3,9-10H,4,8H2;1H. The minimum absolute atomic E-state index is 0. The van der Waals surface area contributed by atoms with Gasteiger partial charge in [-0.1, -0.05) is 72.8 Å². The summed E-state index contributed by atoms with van der Waals surface area (Å²) >= 11 is 6.50. The van der Waals surface area contributed by atoms with Crippen LogP contribution in [0.25, 0.3) is 0 Å². The van der Waals surface area contributed by atoms with Gasteiger partial charge in [-0.2, -0.15) is 5.26 Å². The third-order valence-corrected chi connectivity index (χ3v) is 6.54. The van der Waals surface area contributed by atoms with Gasteiger partial charge in [0, 0.05) is 25.4 Å². The summed E-state index contributed by atoms with van der Waals surface area (Å²) in [5.41, 5.74) is 9.48. The summed E-state index contributed by atoms with van der Waals surface area (Å²) in [7, 11) is 0. The molecule has 0 atom stereocenters. The molecule has 0 unspecified atom stereocenters. The molecule has 0 heterocycles. The molecule has 4 aromatic carbocycles. The lowest BCUT2D eigenvalue weighted by Crippen LogP contribution is -2.35. The maximum Gasteiger partial charge on any atom is 0.166 e. The number of nitrogens with zero attached hydrogens (tertiary/aromatic N) is 1. The van der Waals surface area contributed by atoms with Crippen LogP contribution in [0.5, 0.6) is 23.0 Å². The van der Waals surface area contributed by atoms with Crippen LogP contribution in [0.4, 0.5) is 0 Å². The Morgan fingerprint density at radius 2 is 1.21 bits per heavy atom. The van der Waals surface area contributed by atoms with Gasteiger partial charge in [-0.3, -0.25) is 0 Å². The Balaban J connectivity index is 0.000000354. The molecule has 0 aliphatic carbocycles. The quantitative estimate of drug-likeness (QED) is 0.0492. The number of thioether (sulfide) groups is 1. The maximum absolute atomic E-state index is 9.41. The molecule has 0 fully saturated rings. The largest absolute Gasteiger partial charge is 0.504 e. The van der Waals surface area contributed by atoms with Gasteiger partial charge in [0.15, 0.2) is 28.1 Å². The lowest BCUT2D eigenvalue weighted by molar-refractivity contribution is 0.403. The van der Waals surface area contributed by atoms with Gasteiger partial charge in [0.2, 0.25) is 0 Å². The molecule has 0 amide bonds. The Bertz CT molecular complexity index is 1410. The van der Waals surface area contributed by atoms with E-state index >= 15 is 0 Å². The summed E-state index contributed by atoms with van der Waals surface area (Å²) in [6.45, 7) is 1.62. The van der Waals surface area contributed by atoms with Crippen LogP contribution in [0.15, 0.2) is 97.1 Å². The maximum atomic E-state index is 9.41. The van der Waals surface area contributed by atoms with E-state index in [-0.39, 0.29) is 40.0 Å². The lowest BCUT2D eigenvalue weighted by atomic mass is 10.1. The number of phenolic OH excluding ortho intramolecular Hbond substituents is 4. The van der Waals surface area contributed by atoms with Crippen molar-refractivity contribution in [2.45, 2.75) is 25.9 Å². The van der Waals surface area contributed by atoms with E-state index in [9.17, 15) is 10.2 Å². The van der Waals surface area contributed by atoms with Crippen LogP contribution in [-0.2, 0) is 25.9 Å². The molecule has 228 valence electrons. The van der Waals surface area contributed by atoms with Crippen LogP contribution in [-0.4, -0.2) is 37.8 Å². The zero-order valence-corrected chi connectivity index (χ0v) is 26.9. The van der Waals surface area contributed by atoms with Crippen LogP contribution in [0.2, 0.25) is 0 Å². The first-order valence-corrected chi connectivity index (χ1v) is 14.5. The number of halogens is 1.